The van der Waals surface area contributed by atoms with E-state index in [4.69, 9.17) is 4.74 Å². The molecule has 2 atom stereocenters. The topological polar surface area (TPSA) is 41.6 Å². The number of ether oxygens (including phenoxy) is 1. The highest BCUT2D eigenvalue weighted by Gasteiger charge is 2.28. The number of nitrogens with zero attached hydrogens (tertiary/aromatic N) is 1. The van der Waals surface area contributed by atoms with Gasteiger partial charge in [0.05, 0.1) is 6.61 Å². The van der Waals surface area contributed by atoms with Gasteiger partial charge < -0.3 is 10.1 Å². The molecule has 1 saturated heterocycles. The van der Waals surface area contributed by atoms with Gasteiger partial charge in [0, 0.05) is 18.6 Å². The highest BCUT2D eigenvalue weighted by molar-refractivity contribution is 5.76. The molecular formula is C13H26N2O2. The van der Waals surface area contributed by atoms with Crippen molar-refractivity contribution in [2.24, 2.45) is 0 Å². The minimum absolute atomic E-state index is 0.125. The summed E-state index contributed by atoms with van der Waals surface area (Å²) in [5.41, 5.74) is 0. The Morgan fingerprint density at radius 3 is 2.71 bits per heavy atom. The van der Waals surface area contributed by atoms with Crippen molar-refractivity contribution in [3.05, 3.63) is 0 Å². The molecule has 17 heavy (non-hydrogen) atoms. The Balaban J connectivity index is 2.53. The predicted molar refractivity (Wildman–Crippen MR) is 69.0 cm³/mol. The Morgan fingerprint density at radius 1 is 1.53 bits per heavy atom. The Labute approximate surface area is 105 Å². The van der Waals surface area contributed by atoms with Gasteiger partial charge in [0.1, 0.15) is 6.04 Å². The number of carbonyl (C=O) groups excluding carboxylic acids is 1. The van der Waals surface area contributed by atoms with Gasteiger partial charge in [0.25, 0.3) is 0 Å². The first kappa shape index (κ1) is 14.5. The molecule has 1 heterocycles. The van der Waals surface area contributed by atoms with Crippen LogP contribution in [-0.4, -0.2) is 48.7 Å². The average molecular weight is 242 g/mol. The molecule has 1 N–H and O–H groups in total. The second kappa shape index (κ2) is 6.97. The molecule has 100 valence electrons. The lowest BCUT2D eigenvalue weighted by atomic mass is 10.2. The number of nitrogens with one attached hydrogen (secondary N) is 1. The summed E-state index contributed by atoms with van der Waals surface area (Å²) < 4.78 is 5.12. The van der Waals surface area contributed by atoms with Crippen molar-refractivity contribution in [1.29, 1.82) is 0 Å². The first-order valence-corrected chi connectivity index (χ1v) is 6.71. The van der Waals surface area contributed by atoms with Crippen molar-refractivity contribution in [2.45, 2.75) is 58.7 Å². The van der Waals surface area contributed by atoms with E-state index >= 15 is 0 Å². The fraction of sp³-hybridized carbons (Fsp3) is 0.923. The van der Waals surface area contributed by atoms with E-state index in [9.17, 15) is 4.79 Å². The zero-order chi connectivity index (χ0) is 12.8. The lowest BCUT2D eigenvalue weighted by Crippen LogP contribution is -2.50. The van der Waals surface area contributed by atoms with Crippen LogP contribution >= 0.6 is 0 Å². The van der Waals surface area contributed by atoms with Crippen LogP contribution in [0, 0.1) is 0 Å². The molecule has 1 fully saturated rings. The van der Waals surface area contributed by atoms with E-state index in [-0.39, 0.29) is 12.0 Å². The molecule has 0 amide bonds. The third kappa shape index (κ3) is 4.64. The van der Waals surface area contributed by atoms with Crippen molar-refractivity contribution >= 4 is 5.97 Å². The van der Waals surface area contributed by atoms with E-state index in [2.05, 4.69) is 31.0 Å². The second-order valence-electron chi connectivity index (χ2n) is 5.11. The van der Waals surface area contributed by atoms with Crippen LogP contribution in [0.5, 0.6) is 0 Å². The Kier molecular flexibility index (Phi) is 5.92. The maximum atomic E-state index is 11.9. The largest absolute Gasteiger partial charge is 0.465 e. The standard InChI is InChI=1S/C13H26N2O2/c1-5-17-13(16)12(14-10(2)3)9-15-8-6-7-11(15)4/h10-12,14H,5-9H2,1-4H3. The number of likely N-dealkylation sites (tertiary alicyclic amines) is 1. The normalized spacial score (nSPS) is 23.0. The molecule has 2 unspecified atom stereocenters. The third-order valence-corrected chi connectivity index (χ3v) is 3.21. The molecule has 1 rings (SSSR count). The highest BCUT2D eigenvalue weighted by Crippen LogP contribution is 2.16. The summed E-state index contributed by atoms with van der Waals surface area (Å²) in [4.78, 5) is 14.2. The van der Waals surface area contributed by atoms with Gasteiger partial charge in [-0.1, -0.05) is 13.8 Å². The van der Waals surface area contributed by atoms with Gasteiger partial charge in [0.2, 0.25) is 0 Å². The summed E-state index contributed by atoms with van der Waals surface area (Å²) in [5, 5.41) is 3.30. The van der Waals surface area contributed by atoms with Crippen molar-refractivity contribution in [2.75, 3.05) is 19.7 Å². The van der Waals surface area contributed by atoms with Crippen molar-refractivity contribution in [3.63, 3.8) is 0 Å². The average Bonchev–Trinajstić information content (AvgIpc) is 2.63. The quantitative estimate of drug-likeness (QED) is 0.715. The summed E-state index contributed by atoms with van der Waals surface area (Å²) in [7, 11) is 0. The maximum Gasteiger partial charge on any atom is 0.324 e. The number of esters is 1. The molecule has 0 aliphatic carbocycles. The highest BCUT2D eigenvalue weighted by atomic mass is 16.5. The minimum Gasteiger partial charge on any atom is -0.465 e. The molecule has 0 aromatic heterocycles. The molecule has 4 heteroatoms. The van der Waals surface area contributed by atoms with Gasteiger partial charge in [-0.2, -0.15) is 0 Å². The fourth-order valence-corrected chi connectivity index (χ4v) is 2.34. The van der Waals surface area contributed by atoms with Crippen molar-refractivity contribution in [3.8, 4) is 0 Å². The van der Waals surface area contributed by atoms with Gasteiger partial charge in [-0.25, -0.2) is 0 Å². The van der Waals surface area contributed by atoms with Gasteiger partial charge in [-0.15, -0.1) is 0 Å². The number of hydrogen-bond donors (Lipinski definition) is 1. The van der Waals surface area contributed by atoms with Crippen molar-refractivity contribution in [1.82, 2.24) is 10.2 Å². The molecule has 4 nitrogen and oxygen atoms in total. The van der Waals surface area contributed by atoms with E-state index < -0.39 is 0 Å². The van der Waals surface area contributed by atoms with E-state index in [1.807, 2.05) is 6.92 Å². The minimum atomic E-state index is -0.199. The maximum absolute atomic E-state index is 11.9. The molecule has 0 aromatic carbocycles. The van der Waals surface area contributed by atoms with E-state index in [1.54, 1.807) is 0 Å². The molecule has 0 aromatic rings. The lowest BCUT2D eigenvalue weighted by molar-refractivity contribution is -0.146. The van der Waals surface area contributed by atoms with Gasteiger partial charge in [-0.05, 0) is 33.2 Å². The third-order valence-electron chi connectivity index (χ3n) is 3.21. The summed E-state index contributed by atoms with van der Waals surface area (Å²) in [6.45, 7) is 10.5. The van der Waals surface area contributed by atoms with Crippen LogP contribution in [0.25, 0.3) is 0 Å². The molecule has 0 bridgehead atoms. The van der Waals surface area contributed by atoms with Crippen LogP contribution in [0.2, 0.25) is 0 Å². The number of rotatable bonds is 6. The monoisotopic (exact) mass is 242 g/mol. The lowest BCUT2D eigenvalue weighted by Gasteiger charge is -2.27. The van der Waals surface area contributed by atoms with E-state index in [1.165, 1.54) is 12.8 Å². The van der Waals surface area contributed by atoms with Crippen molar-refractivity contribution < 1.29 is 9.53 Å². The van der Waals surface area contributed by atoms with E-state index in [0.29, 0.717) is 18.7 Å². The summed E-state index contributed by atoms with van der Waals surface area (Å²) in [5.74, 6) is -0.125. The van der Waals surface area contributed by atoms with Crippen LogP contribution in [0.1, 0.15) is 40.5 Å². The SMILES string of the molecule is CCOC(=O)C(CN1CCCC1C)NC(C)C. The predicted octanol–water partition coefficient (Wildman–Crippen LogP) is 1.40. The Hall–Kier alpha value is -0.610. The first-order valence-electron chi connectivity index (χ1n) is 6.71. The zero-order valence-electron chi connectivity index (χ0n) is 11.5. The van der Waals surface area contributed by atoms with Crippen LogP contribution in [-0.2, 0) is 9.53 Å². The first-order chi connectivity index (χ1) is 8.04. The van der Waals surface area contributed by atoms with Gasteiger partial charge in [-0.3, -0.25) is 9.69 Å². The Morgan fingerprint density at radius 2 is 2.24 bits per heavy atom. The van der Waals surface area contributed by atoms with Crippen LogP contribution < -0.4 is 5.32 Å². The molecule has 1 aliphatic heterocycles. The molecule has 1 aliphatic rings. The summed E-state index contributed by atoms with van der Waals surface area (Å²) in [6.07, 6.45) is 2.47. The van der Waals surface area contributed by atoms with Gasteiger partial charge >= 0.3 is 5.97 Å². The van der Waals surface area contributed by atoms with E-state index in [0.717, 1.165) is 13.1 Å². The smallest absolute Gasteiger partial charge is 0.324 e. The summed E-state index contributed by atoms with van der Waals surface area (Å²) in [6, 6.07) is 0.679. The van der Waals surface area contributed by atoms with Crippen LogP contribution in [0.4, 0.5) is 0 Å². The molecule has 0 spiro atoms. The Bertz CT molecular complexity index is 244. The summed E-state index contributed by atoms with van der Waals surface area (Å²) >= 11 is 0. The number of hydrogen-bond acceptors (Lipinski definition) is 4. The molecular weight excluding hydrogens is 216 g/mol. The molecule has 0 saturated carbocycles. The second-order valence-corrected chi connectivity index (χ2v) is 5.11. The van der Waals surface area contributed by atoms with Crippen LogP contribution in [0.15, 0.2) is 0 Å². The zero-order valence-corrected chi connectivity index (χ0v) is 11.5. The van der Waals surface area contributed by atoms with Crippen LogP contribution in [0.3, 0.4) is 0 Å². The fourth-order valence-electron chi connectivity index (χ4n) is 2.34. The number of carbonyl (C=O) groups is 1. The van der Waals surface area contributed by atoms with Gasteiger partial charge in [0.15, 0.2) is 0 Å². The molecule has 0 radical (unpaired) electrons.